The highest BCUT2D eigenvalue weighted by Gasteiger charge is 2.20. The van der Waals surface area contributed by atoms with E-state index in [0.717, 1.165) is 5.56 Å². The van der Waals surface area contributed by atoms with Crippen molar-refractivity contribution in [3.8, 4) is 11.5 Å². The Balaban J connectivity index is 1.51. The summed E-state index contributed by atoms with van der Waals surface area (Å²) in [5, 5.41) is 8.29. The number of aromatic nitrogens is 2. The third-order valence-corrected chi connectivity index (χ3v) is 5.14. The van der Waals surface area contributed by atoms with Gasteiger partial charge in [-0.1, -0.05) is 24.3 Å². The zero-order chi connectivity index (χ0) is 18.1. The molecule has 0 aliphatic rings. The van der Waals surface area contributed by atoms with E-state index in [1.165, 1.54) is 17.4 Å². The monoisotopic (exact) mass is 368 g/mol. The molecule has 2 aromatic heterocycles. The SMILES string of the molecule is Cc1c(C(=O)OCc2nnc(-c3ccccc3)o2)sc2cccc(F)c12. The van der Waals surface area contributed by atoms with E-state index in [-0.39, 0.29) is 18.3 Å². The molecular formula is C19H13FN2O3S. The van der Waals surface area contributed by atoms with Gasteiger partial charge >= 0.3 is 5.97 Å². The van der Waals surface area contributed by atoms with Gasteiger partial charge in [0.1, 0.15) is 10.7 Å². The molecule has 130 valence electrons. The molecule has 2 heterocycles. The van der Waals surface area contributed by atoms with E-state index in [9.17, 15) is 9.18 Å². The number of nitrogens with zero attached hydrogens (tertiary/aromatic N) is 2. The maximum atomic E-state index is 14.0. The lowest BCUT2D eigenvalue weighted by atomic mass is 10.1. The molecule has 7 heteroatoms. The normalized spacial score (nSPS) is 11.0. The lowest BCUT2D eigenvalue weighted by molar-refractivity contribution is 0.0444. The molecule has 0 aliphatic carbocycles. The first-order valence-electron chi connectivity index (χ1n) is 7.86. The summed E-state index contributed by atoms with van der Waals surface area (Å²) >= 11 is 1.20. The summed E-state index contributed by atoms with van der Waals surface area (Å²) in [6.07, 6.45) is 0. The Labute approximate surface area is 152 Å². The van der Waals surface area contributed by atoms with Gasteiger partial charge < -0.3 is 9.15 Å². The van der Waals surface area contributed by atoms with Gasteiger partial charge in [-0.15, -0.1) is 21.5 Å². The average Bonchev–Trinajstić information content (AvgIpc) is 3.26. The van der Waals surface area contributed by atoms with E-state index in [2.05, 4.69) is 10.2 Å². The zero-order valence-corrected chi connectivity index (χ0v) is 14.5. The molecule has 2 aromatic carbocycles. The van der Waals surface area contributed by atoms with Crippen molar-refractivity contribution in [1.82, 2.24) is 10.2 Å². The number of hydrogen-bond donors (Lipinski definition) is 0. The van der Waals surface area contributed by atoms with Crippen LogP contribution in [0, 0.1) is 12.7 Å². The van der Waals surface area contributed by atoms with Crippen LogP contribution in [0.25, 0.3) is 21.5 Å². The van der Waals surface area contributed by atoms with Crippen molar-refractivity contribution < 1.29 is 18.3 Å². The number of hydrogen-bond acceptors (Lipinski definition) is 6. The summed E-state index contributed by atoms with van der Waals surface area (Å²) < 4.78 is 25.4. The van der Waals surface area contributed by atoms with Gasteiger partial charge in [0.2, 0.25) is 5.89 Å². The summed E-state index contributed by atoms with van der Waals surface area (Å²) in [7, 11) is 0. The Morgan fingerprint density at radius 1 is 1.15 bits per heavy atom. The van der Waals surface area contributed by atoms with Crippen LogP contribution in [0.5, 0.6) is 0 Å². The minimum Gasteiger partial charge on any atom is -0.451 e. The molecular weight excluding hydrogens is 355 g/mol. The van der Waals surface area contributed by atoms with Gasteiger partial charge in [0.15, 0.2) is 6.61 Å². The Morgan fingerprint density at radius 2 is 1.96 bits per heavy atom. The second-order valence-corrected chi connectivity index (χ2v) is 6.66. The van der Waals surface area contributed by atoms with E-state index < -0.39 is 5.97 Å². The highest BCUT2D eigenvalue weighted by molar-refractivity contribution is 7.21. The average molecular weight is 368 g/mol. The summed E-state index contributed by atoms with van der Waals surface area (Å²) in [5.74, 6) is -0.332. The van der Waals surface area contributed by atoms with Crippen molar-refractivity contribution in [1.29, 1.82) is 0 Å². The summed E-state index contributed by atoms with van der Waals surface area (Å²) in [6.45, 7) is 1.56. The number of fused-ring (bicyclic) bond motifs is 1. The maximum absolute atomic E-state index is 14.0. The highest BCUT2D eigenvalue weighted by atomic mass is 32.1. The molecule has 0 atom stereocenters. The predicted molar refractivity (Wildman–Crippen MR) is 95.4 cm³/mol. The molecule has 4 aromatic rings. The van der Waals surface area contributed by atoms with Crippen molar-refractivity contribution in [2.45, 2.75) is 13.5 Å². The first-order chi connectivity index (χ1) is 12.6. The summed E-state index contributed by atoms with van der Waals surface area (Å²) in [4.78, 5) is 12.7. The number of aryl methyl sites for hydroxylation is 1. The molecule has 0 N–H and O–H groups in total. The molecule has 0 aliphatic heterocycles. The molecule has 0 radical (unpaired) electrons. The van der Waals surface area contributed by atoms with Crippen LogP contribution in [0.1, 0.15) is 21.1 Å². The smallest absolute Gasteiger partial charge is 0.349 e. The van der Waals surface area contributed by atoms with Crippen LogP contribution in [0.15, 0.2) is 52.9 Å². The van der Waals surface area contributed by atoms with Crippen LogP contribution < -0.4 is 0 Å². The molecule has 0 spiro atoms. The van der Waals surface area contributed by atoms with Crippen molar-refractivity contribution in [2.75, 3.05) is 0 Å². The molecule has 0 saturated carbocycles. The quantitative estimate of drug-likeness (QED) is 0.486. The van der Waals surface area contributed by atoms with Crippen LogP contribution >= 0.6 is 11.3 Å². The molecule has 5 nitrogen and oxygen atoms in total. The molecule has 26 heavy (non-hydrogen) atoms. The van der Waals surface area contributed by atoms with Gasteiger partial charge in [0.05, 0.1) is 0 Å². The van der Waals surface area contributed by atoms with Crippen molar-refractivity contribution in [3.05, 3.63) is 70.7 Å². The fourth-order valence-corrected chi connectivity index (χ4v) is 3.77. The van der Waals surface area contributed by atoms with Crippen molar-refractivity contribution >= 4 is 27.4 Å². The van der Waals surface area contributed by atoms with Crippen LogP contribution in [0.2, 0.25) is 0 Å². The Bertz CT molecular complexity index is 1090. The van der Waals surface area contributed by atoms with Crippen LogP contribution in [-0.4, -0.2) is 16.2 Å². The van der Waals surface area contributed by atoms with Gasteiger partial charge in [-0.3, -0.25) is 0 Å². The Hall–Kier alpha value is -3.06. The van der Waals surface area contributed by atoms with Gasteiger partial charge in [-0.25, -0.2) is 9.18 Å². The number of ether oxygens (including phenoxy) is 1. The van der Waals surface area contributed by atoms with Crippen LogP contribution in [0.3, 0.4) is 0 Å². The first kappa shape index (κ1) is 16.4. The predicted octanol–water partition coefficient (Wildman–Crippen LogP) is 4.76. The molecule has 0 fully saturated rings. The van der Waals surface area contributed by atoms with Gasteiger partial charge in [0, 0.05) is 15.6 Å². The van der Waals surface area contributed by atoms with E-state index in [1.54, 1.807) is 19.1 Å². The molecule has 0 saturated heterocycles. The summed E-state index contributed by atoms with van der Waals surface area (Å²) in [5.41, 5.74) is 1.36. The minimum atomic E-state index is -0.539. The van der Waals surface area contributed by atoms with Crippen LogP contribution in [-0.2, 0) is 11.3 Å². The molecule has 0 amide bonds. The number of esters is 1. The standard InChI is InChI=1S/C19H13FN2O3S/c1-11-16-13(20)8-5-9-14(16)26-17(11)19(23)24-10-15-21-22-18(25-15)12-6-3-2-4-7-12/h2-9H,10H2,1H3. The second-order valence-electron chi connectivity index (χ2n) is 5.61. The number of halogens is 1. The highest BCUT2D eigenvalue weighted by Crippen LogP contribution is 2.33. The van der Waals surface area contributed by atoms with Crippen molar-refractivity contribution in [2.24, 2.45) is 0 Å². The van der Waals surface area contributed by atoms with E-state index in [1.807, 2.05) is 30.3 Å². The topological polar surface area (TPSA) is 65.2 Å². The zero-order valence-electron chi connectivity index (χ0n) is 13.7. The van der Waals surface area contributed by atoms with Gasteiger partial charge in [0.25, 0.3) is 5.89 Å². The molecule has 4 rings (SSSR count). The van der Waals surface area contributed by atoms with Crippen LogP contribution in [0.4, 0.5) is 4.39 Å². The molecule has 0 bridgehead atoms. The third kappa shape index (κ3) is 2.97. The number of carbonyl (C=O) groups is 1. The number of rotatable bonds is 4. The lowest BCUT2D eigenvalue weighted by Gasteiger charge is -2.01. The first-order valence-corrected chi connectivity index (χ1v) is 8.67. The fourth-order valence-electron chi connectivity index (χ4n) is 2.65. The largest absolute Gasteiger partial charge is 0.451 e. The van der Waals surface area contributed by atoms with E-state index in [4.69, 9.17) is 9.15 Å². The number of carbonyl (C=O) groups excluding carboxylic acids is 1. The van der Waals surface area contributed by atoms with E-state index >= 15 is 0 Å². The van der Waals surface area contributed by atoms with Crippen molar-refractivity contribution in [3.63, 3.8) is 0 Å². The third-order valence-electron chi connectivity index (χ3n) is 3.90. The fraction of sp³-hybridized carbons (Fsp3) is 0.105. The number of benzene rings is 2. The van der Waals surface area contributed by atoms with Gasteiger partial charge in [-0.05, 0) is 36.8 Å². The Morgan fingerprint density at radius 3 is 2.73 bits per heavy atom. The lowest BCUT2D eigenvalue weighted by Crippen LogP contribution is -2.05. The Kier molecular flexibility index (Phi) is 4.22. The van der Waals surface area contributed by atoms with Gasteiger partial charge in [-0.2, -0.15) is 0 Å². The number of thiophene rings is 1. The molecule has 0 unspecified atom stereocenters. The summed E-state index contributed by atoms with van der Waals surface area (Å²) in [6, 6.07) is 14.1. The maximum Gasteiger partial charge on any atom is 0.349 e. The van der Waals surface area contributed by atoms with E-state index in [0.29, 0.717) is 26.4 Å². The second kappa shape index (κ2) is 6.68. The minimum absolute atomic E-state index is 0.144.